The van der Waals surface area contributed by atoms with E-state index in [-0.39, 0.29) is 17.4 Å². The summed E-state index contributed by atoms with van der Waals surface area (Å²) in [4.78, 5) is 29.2. The van der Waals surface area contributed by atoms with E-state index in [1.807, 2.05) is 30.5 Å². The van der Waals surface area contributed by atoms with Crippen molar-refractivity contribution in [2.24, 2.45) is 7.05 Å². The lowest BCUT2D eigenvalue weighted by atomic mass is 10.1. The summed E-state index contributed by atoms with van der Waals surface area (Å²) in [6.07, 6.45) is -2.90. The van der Waals surface area contributed by atoms with Crippen LogP contribution in [0.5, 0.6) is 0 Å². The molecule has 0 saturated carbocycles. The summed E-state index contributed by atoms with van der Waals surface area (Å²) in [6.45, 7) is 5.15. The SMILES string of the molecule is Cc1ccc(C)n1-c1c(C(=O)N2CCN(C(=O)c3ccc(C(F)(F)F)cc3)CC2)cnn1C. The largest absolute Gasteiger partial charge is 0.416 e. The van der Waals surface area contributed by atoms with E-state index < -0.39 is 11.7 Å². The second kappa shape index (κ2) is 8.42. The second-order valence-electron chi connectivity index (χ2n) is 8.12. The minimum atomic E-state index is -4.45. The highest BCUT2D eigenvalue weighted by Crippen LogP contribution is 2.29. The number of hydrogen-bond acceptors (Lipinski definition) is 3. The van der Waals surface area contributed by atoms with E-state index in [1.165, 1.54) is 12.1 Å². The van der Waals surface area contributed by atoms with Crippen molar-refractivity contribution in [3.8, 4) is 5.82 Å². The molecule has 1 aliphatic heterocycles. The fourth-order valence-electron chi connectivity index (χ4n) is 4.12. The number of amides is 2. The summed E-state index contributed by atoms with van der Waals surface area (Å²) >= 11 is 0. The molecule has 0 aliphatic carbocycles. The molecule has 2 amide bonds. The van der Waals surface area contributed by atoms with Crippen LogP contribution in [0.2, 0.25) is 0 Å². The number of halogens is 3. The first-order valence-corrected chi connectivity index (χ1v) is 10.5. The van der Waals surface area contributed by atoms with E-state index in [0.29, 0.717) is 37.6 Å². The fraction of sp³-hybridized carbons (Fsp3) is 0.348. The van der Waals surface area contributed by atoms with Crippen LogP contribution in [0.3, 0.4) is 0 Å². The van der Waals surface area contributed by atoms with Gasteiger partial charge in [0.15, 0.2) is 0 Å². The Kier molecular flexibility index (Phi) is 5.77. The molecule has 174 valence electrons. The van der Waals surface area contributed by atoms with Gasteiger partial charge in [-0.3, -0.25) is 14.3 Å². The lowest BCUT2D eigenvalue weighted by Gasteiger charge is -2.35. The van der Waals surface area contributed by atoms with Gasteiger partial charge in [0.2, 0.25) is 0 Å². The summed E-state index contributed by atoms with van der Waals surface area (Å²) in [5.74, 6) is 0.159. The first kappa shape index (κ1) is 22.6. The predicted octanol–water partition coefficient (Wildman–Crippen LogP) is 3.44. The molecule has 33 heavy (non-hydrogen) atoms. The molecule has 0 bridgehead atoms. The molecular weight excluding hydrogens is 435 g/mol. The average molecular weight is 459 g/mol. The minimum absolute atomic E-state index is 0.174. The number of piperazine rings is 1. The maximum absolute atomic E-state index is 13.3. The maximum Gasteiger partial charge on any atom is 0.416 e. The van der Waals surface area contributed by atoms with Crippen LogP contribution in [0.15, 0.2) is 42.6 Å². The standard InChI is InChI=1S/C23H24F3N5O2/c1-15-4-5-16(2)31(15)20-19(14-27-28(20)3)22(33)30-12-10-29(11-13-30)21(32)17-6-8-18(9-7-17)23(24,25)26/h4-9,14H,10-13H2,1-3H3. The second-order valence-corrected chi connectivity index (χ2v) is 8.12. The summed E-state index contributed by atoms with van der Waals surface area (Å²) in [5, 5.41) is 4.28. The number of hydrogen-bond donors (Lipinski definition) is 0. The van der Waals surface area contributed by atoms with Crippen LogP contribution in [0.1, 0.15) is 37.7 Å². The van der Waals surface area contributed by atoms with Gasteiger partial charge in [-0.25, -0.2) is 0 Å². The van der Waals surface area contributed by atoms with E-state index in [2.05, 4.69) is 5.10 Å². The van der Waals surface area contributed by atoms with Crippen LogP contribution < -0.4 is 0 Å². The first-order valence-electron chi connectivity index (χ1n) is 10.5. The third kappa shape index (κ3) is 4.24. The number of rotatable bonds is 3. The van der Waals surface area contributed by atoms with Crippen molar-refractivity contribution in [1.29, 1.82) is 0 Å². The van der Waals surface area contributed by atoms with Crippen LogP contribution in [-0.2, 0) is 13.2 Å². The molecule has 3 heterocycles. The van der Waals surface area contributed by atoms with Gasteiger partial charge in [0.1, 0.15) is 11.4 Å². The summed E-state index contributed by atoms with van der Waals surface area (Å²) in [7, 11) is 1.78. The number of benzene rings is 1. The maximum atomic E-state index is 13.3. The van der Waals surface area contributed by atoms with Crippen molar-refractivity contribution in [3.05, 3.63) is 70.7 Å². The van der Waals surface area contributed by atoms with Crippen LogP contribution in [0, 0.1) is 13.8 Å². The third-order valence-electron chi connectivity index (χ3n) is 5.93. The van der Waals surface area contributed by atoms with Gasteiger partial charge in [0.25, 0.3) is 11.8 Å². The Labute approximate surface area is 189 Å². The zero-order valence-electron chi connectivity index (χ0n) is 18.6. The molecule has 0 radical (unpaired) electrons. The van der Waals surface area contributed by atoms with E-state index in [9.17, 15) is 22.8 Å². The number of aryl methyl sites for hydroxylation is 3. The van der Waals surface area contributed by atoms with Gasteiger partial charge < -0.3 is 14.4 Å². The van der Waals surface area contributed by atoms with Crippen molar-refractivity contribution >= 4 is 11.8 Å². The molecule has 4 rings (SSSR count). The molecule has 1 saturated heterocycles. The quantitative estimate of drug-likeness (QED) is 0.603. The van der Waals surface area contributed by atoms with Gasteiger partial charge in [0, 0.05) is 50.2 Å². The van der Waals surface area contributed by atoms with E-state index in [0.717, 1.165) is 23.5 Å². The van der Waals surface area contributed by atoms with E-state index in [4.69, 9.17) is 0 Å². The highest BCUT2D eigenvalue weighted by atomic mass is 19.4. The van der Waals surface area contributed by atoms with Crippen LogP contribution in [0.4, 0.5) is 13.2 Å². The molecule has 10 heteroatoms. The number of nitrogens with zero attached hydrogens (tertiary/aromatic N) is 5. The topological polar surface area (TPSA) is 63.4 Å². The zero-order chi connectivity index (χ0) is 23.9. The van der Waals surface area contributed by atoms with Gasteiger partial charge in [0.05, 0.1) is 11.8 Å². The lowest BCUT2D eigenvalue weighted by molar-refractivity contribution is -0.137. The normalized spacial score (nSPS) is 14.6. The van der Waals surface area contributed by atoms with Crippen molar-refractivity contribution in [1.82, 2.24) is 24.1 Å². The number of carbonyl (C=O) groups is 2. The molecule has 2 aromatic heterocycles. The predicted molar refractivity (Wildman–Crippen MR) is 115 cm³/mol. The third-order valence-corrected chi connectivity index (χ3v) is 5.93. The van der Waals surface area contributed by atoms with Crippen molar-refractivity contribution in [2.45, 2.75) is 20.0 Å². The lowest BCUT2D eigenvalue weighted by Crippen LogP contribution is -2.50. The Bertz CT molecular complexity index is 1170. The molecule has 7 nitrogen and oxygen atoms in total. The van der Waals surface area contributed by atoms with Gasteiger partial charge >= 0.3 is 6.18 Å². The molecule has 0 atom stereocenters. The Morgan fingerprint density at radius 1 is 0.848 bits per heavy atom. The van der Waals surface area contributed by atoms with Crippen molar-refractivity contribution in [2.75, 3.05) is 26.2 Å². The highest BCUT2D eigenvalue weighted by Gasteiger charge is 2.32. The van der Waals surface area contributed by atoms with Gasteiger partial charge in [-0.15, -0.1) is 0 Å². The van der Waals surface area contributed by atoms with E-state index >= 15 is 0 Å². The molecule has 0 N–H and O–H groups in total. The van der Waals surface area contributed by atoms with Crippen molar-refractivity contribution in [3.63, 3.8) is 0 Å². The van der Waals surface area contributed by atoms with Crippen LogP contribution >= 0.6 is 0 Å². The molecule has 1 aromatic carbocycles. The van der Waals surface area contributed by atoms with Crippen molar-refractivity contribution < 1.29 is 22.8 Å². The molecule has 1 fully saturated rings. The Morgan fingerprint density at radius 3 is 1.88 bits per heavy atom. The molecule has 3 aromatic rings. The minimum Gasteiger partial charge on any atom is -0.335 e. The Hall–Kier alpha value is -3.56. The van der Waals surface area contributed by atoms with Gasteiger partial charge in [-0.2, -0.15) is 18.3 Å². The van der Waals surface area contributed by atoms with Gasteiger partial charge in [-0.1, -0.05) is 0 Å². The summed E-state index contributed by atoms with van der Waals surface area (Å²) < 4.78 is 41.9. The van der Waals surface area contributed by atoms with E-state index in [1.54, 1.807) is 27.7 Å². The first-order chi connectivity index (χ1) is 15.6. The Morgan fingerprint density at radius 2 is 1.36 bits per heavy atom. The number of alkyl halides is 3. The average Bonchev–Trinajstić information content (AvgIpc) is 3.33. The Balaban J connectivity index is 1.46. The molecule has 1 aliphatic rings. The smallest absolute Gasteiger partial charge is 0.335 e. The molecule has 0 unspecified atom stereocenters. The molecular formula is C23H24F3N5O2. The summed E-state index contributed by atoms with van der Waals surface area (Å²) in [5.41, 5.74) is 1.84. The zero-order valence-corrected chi connectivity index (χ0v) is 18.6. The number of carbonyl (C=O) groups excluding carboxylic acids is 2. The molecule has 0 spiro atoms. The van der Waals surface area contributed by atoms with Gasteiger partial charge in [-0.05, 0) is 50.2 Å². The highest BCUT2D eigenvalue weighted by molar-refractivity contribution is 5.98. The van der Waals surface area contributed by atoms with Crippen LogP contribution in [0.25, 0.3) is 5.82 Å². The monoisotopic (exact) mass is 459 g/mol. The summed E-state index contributed by atoms with van der Waals surface area (Å²) in [6, 6.07) is 8.13. The van der Waals surface area contributed by atoms with Crippen LogP contribution in [-0.4, -0.2) is 62.1 Å². The fourth-order valence-corrected chi connectivity index (χ4v) is 4.12. The number of aromatic nitrogens is 3.